The van der Waals surface area contributed by atoms with Gasteiger partial charge in [-0.05, 0) is 30.4 Å². The zero-order valence-electron chi connectivity index (χ0n) is 12.9. The van der Waals surface area contributed by atoms with Crippen LogP contribution in [0.5, 0.6) is 0 Å². The largest absolute Gasteiger partial charge is 0.480 e. The molecule has 5 heteroatoms. The van der Waals surface area contributed by atoms with E-state index in [1.807, 2.05) is 44.3 Å². The first-order valence-corrected chi connectivity index (χ1v) is 7.54. The Labute approximate surface area is 129 Å². The number of H-pyrrole nitrogens is 1. The predicted molar refractivity (Wildman–Crippen MR) is 85.6 cm³/mol. The summed E-state index contributed by atoms with van der Waals surface area (Å²) in [5, 5.41) is 12.9. The number of aromatic nitrogens is 1. The summed E-state index contributed by atoms with van der Waals surface area (Å²) in [5.74, 6) is -0.984. The third-order valence-corrected chi connectivity index (χ3v) is 3.64. The Morgan fingerprint density at radius 1 is 1.27 bits per heavy atom. The minimum absolute atomic E-state index is 0.218. The molecule has 0 aliphatic heterocycles. The quantitative estimate of drug-likeness (QED) is 0.735. The maximum Gasteiger partial charge on any atom is 0.326 e. The van der Waals surface area contributed by atoms with Crippen LogP contribution < -0.4 is 5.32 Å². The number of carbonyl (C=O) groups is 2. The van der Waals surface area contributed by atoms with Gasteiger partial charge >= 0.3 is 5.97 Å². The lowest BCUT2D eigenvalue weighted by Crippen LogP contribution is -2.41. The fraction of sp³-hybridized carbons (Fsp3) is 0.412. The van der Waals surface area contributed by atoms with Crippen LogP contribution in [-0.4, -0.2) is 28.0 Å². The fourth-order valence-electron chi connectivity index (χ4n) is 2.55. The first-order valence-electron chi connectivity index (χ1n) is 7.54. The average molecular weight is 302 g/mol. The Morgan fingerprint density at radius 2 is 2.00 bits per heavy atom. The Morgan fingerprint density at radius 3 is 2.68 bits per heavy atom. The monoisotopic (exact) mass is 302 g/mol. The van der Waals surface area contributed by atoms with Crippen LogP contribution in [0.2, 0.25) is 0 Å². The van der Waals surface area contributed by atoms with E-state index in [1.165, 1.54) is 0 Å². The van der Waals surface area contributed by atoms with E-state index in [0.717, 1.165) is 16.5 Å². The lowest BCUT2D eigenvalue weighted by atomic mass is 10.0. The lowest BCUT2D eigenvalue weighted by molar-refractivity contribution is -0.142. The van der Waals surface area contributed by atoms with Crippen molar-refractivity contribution in [2.75, 3.05) is 0 Å². The molecule has 0 saturated heterocycles. The molecule has 0 aliphatic rings. The number of carbonyl (C=O) groups excluding carboxylic acids is 1. The molecule has 0 aliphatic carbocycles. The van der Waals surface area contributed by atoms with Gasteiger partial charge in [0, 0.05) is 23.5 Å². The molecule has 1 amide bonds. The predicted octanol–water partition coefficient (Wildman–Crippen LogP) is 2.72. The number of aryl methyl sites for hydroxylation is 1. The number of fused-ring (bicyclic) bond motifs is 1. The van der Waals surface area contributed by atoms with Crippen molar-refractivity contribution < 1.29 is 14.7 Å². The summed E-state index contributed by atoms with van der Waals surface area (Å²) in [6, 6.07) is 7.11. The zero-order valence-corrected chi connectivity index (χ0v) is 12.9. The molecule has 0 radical (unpaired) electrons. The SMILES string of the molecule is CC(C)C[C@@H](NC(=O)CCc1c[nH]c2ccccc12)C(=O)O. The minimum Gasteiger partial charge on any atom is -0.480 e. The molecular formula is C17H22N2O3. The summed E-state index contributed by atoms with van der Waals surface area (Å²) in [6.45, 7) is 3.88. The van der Waals surface area contributed by atoms with Gasteiger partial charge in [-0.3, -0.25) is 4.79 Å². The molecule has 1 heterocycles. The molecule has 0 unspecified atom stereocenters. The number of hydrogen-bond acceptors (Lipinski definition) is 2. The lowest BCUT2D eigenvalue weighted by Gasteiger charge is -2.16. The van der Waals surface area contributed by atoms with Crippen molar-refractivity contribution in [2.45, 2.75) is 39.2 Å². The summed E-state index contributed by atoms with van der Waals surface area (Å²) < 4.78 is 0. The first kappa shape index (κ1) is 16.1. The number of benzene rings is 1. The normalized spacial score (nSPS) is 12.5. The van der Waals surface area contributed by atoms with Crippen LogP contribution in [0.3, 0.4) is 0 Å². The number of aliphatic carboxylic acids is 1. The van der Waals surface area contributed by atoms with Crippen LogP contribution in [0, 0.1) is 5.92 Å². The second kappa shape index (κ2) is 7.11. The van der Waals surface area contributed by atoms with Crippen molar-refractivity contribution in [3.63, 3.8) is 0 Å². The molecule has 1 aromatic heterocycles. The fourth-order valence-corrected chi connectivity index (χ4v) is 2.55. The highest BCUT2D eigenvalue weighted by Crippen LogP contribution is 2.19. The van der Waals surface area contributed by atoms with Crippen LogP contribution in [0.25, 0.3) is 10.9 Å². The van der Waals surface area contributed by atoms with E-state index < -0.39 is 12.0 Å². The van der Waals surface area contributed by atoms with Crippen LogP contribution in [0.15, 0.2) is 30.5 Å². The number of amides is 1. The average Bonchev–Trinajstić information content (AvgIpc) is 2.87. The smallest absolute Gasteiger partial charge is 0.326 e. The number of carboxylic acids is 1. The van der Waals surface area contributed by atoms with Crippen molar-refractivity contribution in [2.24, 2.45) is 5.92 Å². The van der Waals surface area contributed by atoms with E-state index in [-0.39, 0.29) is 18.2 Å². The Kier molecular flexibility index (Phi) is 5.20. The standard InChI is InChI=1S/C17H22N2O3/c1-11(2)9-15(17(21)22)19-16(20)8-7-12-10-18-14-6-4-3-5-13(12)14/h3-6,10-11,15,18H,7-9H2,1-2H3,(H,19,20)(H,21,22)/t15-/m1/s1. The number of nitrogens with one attached hydrogen (secondary N) is 2. The topological polar surface area (TPSA) is 82.2 Å². The summed E-state index contributed by atoms with van der Waals surface area (Å²) in [6.07, 6.45) is 3.21. The summed E-state index contributed by atoms with van der Waals surface area (Å²) >= 11 is 0. The van der Waals surface area contributed by atoms with E-state index in [9.17, 15) is 9.59 Å². The molecule has 0 bridgehead atoms. The van der Waals surface area contributed by atoms with Crippen molar-refractivity contribution >= 4 is 22.8 Å². The number of hydrogen-bond donors (Lipinski definition) is 3. The van der Waals surface area contributed by atoms with E-state index in [1.54, 1.807) is 0 Å². The number of aromatic amines is 1. The third-order valence-electron chi connectivity index (χ3n) is 3.64. The van der Waals surface area contributed by atoms with Gasteiger partial charge in [0.2, 0.25) is 5.91 Å². The maximum absolute atomic E-state index is 12.0. The highest BCUT2D eigenvalue weighted by atomic mass is 16.4. The highest BCUT2D eigenvalue weighted by Gasteiger charge is 2.20. The van der Waals surface area contributed by atoms with Crippen LogP contribution in [-0.2, 0) is 16.0 Å². The minimum atomic E-state index is -0.978. The Hall–Kier alpha value is -2.30. The van der Waals surface area contributed by atoms with Gasteiger partial charge in [0.05, 0.1) is 0 Å². The second-order valence-electron chi connectivity index (χ2n) is 5.95. The molecule has 22 heavy (non-hydrogen) atoms. The van der Waals surface area contributed by atoms with Gasteiger partial charge in [0.15, 0.2) is 0 Å². The second-order valence-corrected chi connectivity index (χ2v) is 5.95. The van der Waals surface area contributed by atoms with Crippen LogP contribution in [0.1, 0.15) is 32.3 Å². The summed E-state index contributed by atoms with van der Waals surface area (Å²) in [7, 11) is 0. The van der Waals surface area contributed by atoms with Gasteiger partial charge in [-0.15, -0.1) is 0 Å². The number of para-hydroxylation sites is 1. The molecular weight excluding hydrogens is 280 g/mol. The molecule has 2 rings (SSSR count). The highest BCUT2D eigenvalue weighted by molar-refractivity contribution is 5.85. The third kappa shape index (κ3) is 4.10. The molecule has 1 atom stereocenters. The molecule has 1 aromatic carbocycles. The van der Waals surface area contributed by atoms with Gasteiger partial charge < -0.3 is 15.4 Å². The maximum atomic E-state index is 12.0. The van der Waals surface area contributed by atoms with Gasteiger partial charge in [-0.1, -0.05) is 32.0 Å². The molecule has 0 saturated carbocycles. The molecule has 118 valence electrons. The van der Waals surface area contributed by atoms with E-state index in [4.69, 9.17) is 5.11 Å². The van der Waals surface area contributed by atoms with Crippen molar-refractivity contribution in [1.29, 1.82) is 0 Å². The summed E-state index contributed by atoms with van der Waals surface area (Å²) in [4.78, 5) is 26.3. The molecule has 0 fully saturated rings. The number of rotatable bonds is 7. The Bertz CT molecular complexity index is 661. The molecule has 3 N–H and O–H groups in total. The molecule has 2 aromatic rings. The zero-order chi connectivity index (χ0) is 16.1. The van der Waals surface area contributed by atoms with Gasteiger partial charge in [0.25, 0.3) is 0 Å². The van der Waals surface area contributed by atoms with E-state index >= 15 is 0 Å². The molecule has 0 spiro atoms. The van der Waals surface area contributed by atoms with Crippen molar-refractivity contribution in [1.82, 2.24) is 10.3 Å². The Balaban J connectivity index is 1.93. The van der Waals surface area contributed by atoms with Gasteiger partial charge in [-0.2, -0.15) is 0 Å². The van der Waals surface area contributed by atoms with E-state index in [2.05, 4.69) is 10.3 Å². The van der Waals surface area contributed by atoms with Gasteiger partial charge in [-0.25, -0.2) is 4.79 Å². The summed E-state index contributed by atoms with van der Waals surface area (Å²) in [5.41, 5.74) is 2.11. The van der Waals surface area contributed by atoms with Gasteiger partial charge in [0.1, 0.15) is 6.04 Å². The van der Waals surface area contributed by atoms with Crippen LogP contribution in [0.4, 0.5) is 0 Å². The van der Waals surface area contributed by atoms with Crippen molar-refractivity contribution in [3.05, 3.63) is 36.0 Å². The number of carboxylic acid groups (broad SMARTS) is 1. The van der Waals surface area contributed by atoms with Crippen LogP contribution >= 0.6 is 0 Å². The van der Waals surface area contributed by atoms with Crippen molar-refractivity contribution in [3.8, 4) is 0 Å². The molecule has 5 nitrogen and oxygen atoms in total. The first-order chi connectivity index (χ1) is 10.5. The van der Waals surface area contributed by atoms with E-state index in [0.29, 0.717) is 12.8 Å².